The molecule has 0 bridgehead atoms. The van der Waals surface area contributed by atoms with Gasteiger partial charge in [-0.05, 0) is 44.5 Å². The van der Waals surface area contributed by atoms with Gasteiger partial charge in [0.05, 0.1) is 17.6 Å². The summed E-state index contributed by atoms with van der Waals surface area (Å²) in [5.41, 5.74) is 1.35. The third-order valence-corrected chi connectivity index (χ3v) is 3.92. The number of fused-ring (bicyclic) bond motifs is 1. The Labute approximate surface area is 134 Å². The minimum Gasteiger partial charge on any atom is -0.349 e. The molecule has 0 radical (unpaired) electrons. The van der Waals surface area contributed by atoms with Crippen LogP contribution < -0.4 is 10.6 Å². The molecule has 22 heavy (non-hydrogen) atoms. The Balaban J connectivity index is 0.00000176. The standard InChI is InChI=1S/C15H19FN4O.ClH/c1-9-6-10(4-5-17-9)15(21)18-8-14-19-12-3-2-11(16)7-13(12)20-14;/h2-3,7,9-10,17H,4-6,8H2,1H3,(H,18,21)(H,19,20);1H/t9-,10-;/m0./s1. The molecule has 2 heterocycles. The molecule has 1 aliphatic heterocycles. The molecule has 3 N–H and O–H groups in total. The zero-order valence-corrected chi connectivity index (χ0v) is 13.2. The monoisotopic (exact) mass is 326 g/mol. The van der Waals surface area contributed by atoms with Gasteiger partial charge >= 0.3 is 0 Å². The Morgan fingerprint density at radius 3 is 3.09 bits per heavy atom. The molecule has 1 amide bonds. The van der Waals surface area contributed by atoms with Gasteiger partial charge in [0.25, 0.3) is 0 Å². The van der Waals surface area contributed by atoms with E-state index in [9.17, 15) is 9.18 Å². The number of hydrogen-bond acceptors (Lipinski definition) is 3. The number of H-pyrrole nitrogens is 1. The Kier molecular flexibility index (Phi) is 5.37. The number of aromatic amines is 1. The molecule has 1 aromatic heterocycles. The van der Waals surface area contributed by atoms with Crippen molar-refractivity contribution in [1.82, 2.24) is 20.6 Å². The minimum atomic E-state index is -0.301. The van der Waals surface area contributed by atoms with Crippen molar-refractivity contribution >= 4 is 29.3 Å². The number of aromatic nitrogens is 2. The third kappa shape index (κ3) is 3.75. The van der Waals surface area contributed by atoms with Gasteiger partial charge in [-0.2, -0.15) is 0 Å². The number of halogens is 2. The fourth-order valence-corrected chi connectivity index (χ4v) is 2.80. The molecular weight excluding hydrogens is 307 g/mol. The maximum Gasteiger partial charge on any atom is 0.223 e. The van der Waals surface area contributed by atoms with Crippen LogP contribution in [0.1, 0.15) is 25.6 Å². The van der Waals surface area contributed by atoms with E-state index in [-0.39, 0.29) is 30.0 Å². The van der Waals surface area contributed by atoms with Crippen LogP contribution in [0.3, 0.4) is 0 Å². The summed E-state index contributed by atoms with van der Waals surface area (Å²) in [4.78, 5) is 19.5. The number of amides is 1. The van der Waals surface area contributed by atoms with Crippen molar-refractivity contribution in [2.24, 2.45) is 5.92 Å². The lowest BCUT2D eigenvalue weighted by atomic mass is 9.92. The second kappa shape index (κ2) is 7.07. The van der Waals surface area contributed by atoms with Crippen molar-refractivity contribution in [2.75, 3.05) is 6.54 Å². The molecule has 1 aliphatic rings. The molecule has 0 aliphatic carbocycles. The number of imidazole rings is 1. The molecule has 0 spiro atoms. The van der Waals surface area contributed by atoms with Gasteiger partial charge in [0.1, 0.15) is 11.6 Å². The highest BCUT2D eigenvalue weighted by atomic mass is 35.5. The van der Waals surface area contributed by atoms with Crippen LogP contribution in [0.2, 0.25) is 0 Å². The number of nitrogens with one attached hydrogen (secondary N) is 3. The summed E-state index contributed by atoms with van der Waals surface area (Å²) in [6, 6.07) is 4.79. The number of piperidine rings is 1. The first-order chi connectivity index (χ1) is 10.1. The van der Waals surface area contributed by atoms with Crippen LogP contribution in [-0.2, 0) is 11.3 Å². The van der Waals surface area contributed by atoms with Crippen molar-refractivity contribution in [3.63, 3.8) is 0 Å². The lowest BCUT2D eigenvalue weighted by Crippen LogP contribution is -2.42. The fourth-order valence-electron chi connectivity index (χ4n) is 2.80. The molecule has 2 atom stereocenters. The van der Waals surface area contributed by atoms with Gasteiger partial charge in [-0.15, -0.1) is 12.4 Å². The number of carbonyl (C=O) groups is 1. The Morgan fingerprint density at radius 2 is 2.32 bits per heavy atom. The van der Waals surface area contributed by atoms with E-state index in [1.54, 1.807) is 6.07 Å². The SMILES string of the molecule is C[C@H]1C[C@@H](C(=O)NCc2nc3ccc(F)cc3[nH]2)CCN1.Cl. The van der Waals surface area contributed by atoms with E-state index in [4.69, 9.17) is 0 Å². The normalized spacial score (nSPS) is 21.4. The smallest absolute Gasteiger partial charge is 0.223 e. The summed E-state index contributed by atoms with van der Waals surface area (Å²) in [5.74, 6) is 0.467. The van der Waals surface area contributed by atoms with E-state index in [0.29, 0.717) is 29.4 Å². The highest BCUT2D eigenvalue weighted by molar-refractivity contribution is 5.85. The fraction of sp³-hybridized carbons (Fsp3) is 0.467. The second-order valence-electron chi connectivity index (χ2n) is 5.64. The quantitative estimate of drug-likeness (QED) is 0.809. The van der Waals surface area contributed by atoms with Gasteiger partial charge in [-0.25, -0.2) is 9.37 Å². The number of nitrogens with zero attached hydrogens (tertiary/aromatic N) is 1. The van der Waals surface area contributed by atoms with Crippen LogP contribution in [-0.4, -0.2) is 28.5 Å². The summed E-state index contributed by atoms with van der Waals surface area (Å²) in [6.07, 6.45) is 1.72. The zero-order valence-electron chi connectivity index (χ0n) is 12.4. The van der Waals surface area contributed by atoms with Gasteiger partial charge in [0, 0.05) is 12.0 Å². The van der Waals surface area contributed by atoms with Gasteiger partial charge in [-0.1, -0.05) is 0 Å². The van der Waals surface area contributed by atoms with Crippen LogP contribution in [0.25, 0.3) is 11.0 Å². The Hall–Kier alpha value is -1.66. The van der Waals surface area contributed by atoms with E-state index in [0.717, 1.165) is 19.4 Å². The largest absolute Gasteiger partial charge is 0.349 e. The summed E-state index contributed by atoms with van der Waals surface area (Å²) >= 11 is 0. The first kappa shape index (κ1) is 16.7. The Bertz CT molecular complexity index is 660. The van der Waals surface area contributed by atoms with Crippen molar-refractivity contribution in [1.29, 1.82) is 0 Å². The van der Waals surface area contributed by atoms with Crippen molar-refractivity contribution in [2.45, 2.75) is 32.4 Å². The topological polar surface area (TPSA) is 69.8 Å². The van der Waals surface area contributed by atoms with Gasteiger partial charge < -0.3 is 15.6 Å². The predicted molar refractivity (Wildman–Crippen MR) is 85.3 cm³/mol. The summed E-state index contributed by atoms with van der Waals surface area (Å²) in [7, 11) is 0. The van der Waals surface area contributed by atoms with E-state index in [2.05, 4.69) is 27.5 Å². The molecular formula is C15H20ClFN4O. The molecule has 1 fully saturated rings. The van der Waals surface area contributed by atoms with Crippen molar-refractivity contribution < 1.29 is 9.18 Å². The number of carbonyl (C=O) groups excluding carboxylic acids is 1. The van der Waals surface area contributed by atoms with E-state index in [1.165, 1.54) is 12.1 Å². The predicted octanol–water partition coefficient (Wildman–Crippen LogP) is 2.13. The summed E-state index contributed by atoms with van der Waals surface area (Å²) in [6.45, 7) is 3.31. The average molecular weight is 327 g/mol. The molecule has 0 unspecified atom stereocenters. The Morgan fingerprint density at radius 1 is 1.50 bits per heavy atom. The molecule has 1 saturated heterocycles. The lowest BCUT2D eigenvalue weighted by Gasteiger charge is -2.26. The highest BCUT2D eigenvalue weighted by Crippen LogP contribution is 2.16. The van der Waals surface area contributed by atoms with Gasteiger partial charge in [-0.3, -0.25) is 4.79 Å². The van der Waals surface area contributed by atoms with Crippen LogP contribution in [0.5, 0.6) is 0 Å². The second-order valence-corrected chi connectivity index (χ2v) is 5.64. The lowest BCUT2D eigenvalue weighted by molar-refractivity contribution is -0.126. The van der Waals surface area contributed by atoms with E-state index in [1.807, 2.05) is 0 Å². The van der Waals surface area contributed by atoms with Crippen LogP contribution >= 0.6 is 12.4 Å². The molecule has 2 aromatic rings. The molecule has 7 heteroatoms. The van der Waals surface area contributed by atoms with Crippen LogP contribution in [0, 0.1) is 11.7 Å². The minimum absolute atomic E-state index is 0. The first-order valence-corrected chi connectivity index (χ1v) is 7.27. The van der Waals surface area contributed by atoms with E-state index >= 15 is 0 Å². The summed E-state index contributed by atoms with van der Waals surface area (Å²) in [5, 5.41) is 6.24. The molecule has 120 valence electrons. The van der Waals surface area contributed by atoms with Crippen molar-refractivity contribution in [3.05, 3.63) is 29.8 Å². The van der Waals surface area contributed by atoms with Gasteiger partial charge in [0.15, 0.2) is 0 Å². The highest BCUT2D eigenvalue weighted by Gasteiger charge is 2.24. The number of rotatable bonds is 3. The maximum atomic E-state index is 13.1. The summed E-state index contributed by atoms with van der Waals surface area (Å²) < 4.78 is 13.1. The van der Waals surface area contributed by atoms with Crippen LogP contribution in [0.15, 0.2) is 18.2 Å². The first-order valence-electron chi connectivity index (χ1n) is 7.27. The third-order valence-electron chi connectivity index (χ3n) is 3.92. The van der Waals surface area contributed by atoms with Gasteiger partial charge in [0.2, 0.25) is 5.91 Å². The maximum absolute atomic E-state index is 13.1. The average Bonchev–Trinajstić information content (AvgIpc) is 2.86. The van der Waals surface area contributed by atoms with Crippen LogP contribution in [0.4, 0.5) is 4.39 Å². The number of benzene rings is 1. The van der Waals surface area contributed by atoms with Crippen molar-refractivity contribution in [3.8, 4) is 0 Å². The zero-order chi connectivity index (χ0) is 14.8. The molecule has 3 rings (SSSR count). The molecule has 0 saturated carbocycles. The van der Waals surface area contributed by atoms with E-state index < -0.39 is 0 Å². The number of hydrogen-bond donors (Lipinski definition) is 3. The molecule has 1 aromatic carbocycles. The molecule has 5 nitrogen and oxygen atoms in total.